The number of thiocarbonyl (C=S) groups is 1. The van der Waals surface area contributed by atoms with E-state index in [4.69, 9.17) is 61.2 Å². The molecule has 0 aliphatic carbocycles. The molecule has 3 aromatic rings. The van der Waals surface area contributed by atoms with Gasteiger partial charge >= 0.3 is 0 Å². The molecule has 0 radical (unpaired) electrons. The van der Waals surface area contributed by atoms with Gasteiger partial charge in [-0.05, 0) is 79.3 Å². The lowest BCUT2D eigenvalue weighted by Gasteiger charge is -2.14. The number of carbonyl (C=O) groups excluding carboxylic acids is 1. The van der Waals surface area contributed by atoms with Gasteiger partial charge in [-0.15, -0.1) is 0 Å². The highest BCUT2D eigenvalue weighted by molar-refractivity contribution is 7.80. The number of hydrogen-bond donors (Lipinski definition) is 1. The molecule has 1 aliphatic rings. The molecule has 0 bridgehead atoms. The van der Waals surface area contributed by atoms with Gasteiger partial charge in [0.05, 0.1) is 29.4 Å². The fraction of sp³-hybridized carbons (Fsp3) is 0.154. The van der Waals surface area contributed by atoms with E-state index >= 15 is 0 Å². The molecule has 36 heavy (non-hydrogen) atoms. The molecule has 0 unspecified atom stereocenters. The van der Waals surface area contributed by atoms with Crippen LogP contribution in [0.5, 0.6) is 17.2 Å². The molecule has 1 heterocycles. The molecule has 6 nitrogen and oxygen atoms in total. The number of methoxy groups -OCH3 is 1. The Morgan fingerprint density at radius 1 is 1.00 bits per heavy atom. The summed E-state index contributed by atoms with van der Waals surface area (Å²) in [4.78, 5) is 14.6. The molecule has 1 fully saturated rings. The predicted octanol–water partition coefficient (Wildman–Crippen LogP) is 6.90. The number of benzene rings is 3. The van der Waals surface area contributed by atoms with E-state index < -0.39 is 0 Å². The number of amides is 1. The Morgan fingerprint density at radius 3 is 2.33 bits per heavy atom. The minimum absolute atomic E-state index is 0.124. The molecule has 1 aliphatic heterocycles. The molecule has 10 heteroatoms. The van der Waals surface area contributed by atoms with Gasteiger partial charge < -0.3 is 19.5 Å². The van der Waals surface area contributed by atoms with Crippen molar-refractivity contribution < 1.29 is 19.0 Å². The smallest absolute Gasteiger partial charge is 0.281 e. The highest BCUT2D eigenvalue weighted by Gasteiger charge is 2.32. The average molecular weight is 564 g/mol. The first kappa shape index (κ1) is 26.1. The van der Waals surface area contributed by atoms with Gasteiger partial charge in [0.15, 0.2) is 10.9 Å². The summed E-state index contributed by atoms with van der Waals surface area (Å²) in [5, 5.41) is 4.30. The number of nitrogens with zero attached hydrogens (tertiary/aromatic N) is 1. The van der Waals surface area contributed by atoms with E-state index in [1.165, 1.54) is 4.90 Å². The van der Waals surface area contributed by atoms with E-state index in [9.17, 15) is 4.79 Å². The zero-order valence-corrected chi connectivity index (χ0v) is 22.4. The van der Waals surface area contributed by atoms with Crippen LogP contribution in [0.15, 0.2) is 60.3 Å². The molecular formula is C26H21Cl3N2O4S. The molecule has 0 atom stereocenters. The third-order valence-electron chi connectivity index (χ3n) is 5.23. The SMILES string of the molecule is CCOc1ccc(N2C(=O)/C(=C\c3ccc(OC)c(COc4c(Cl)cc(Cl)cc4Cl)c3)NC2=S)cc1. The summed E-state index contributed by atoms with van der Waals surface area (Å²) in [5.74, 6) is 1.38. The van der Waals surface area contributed by atoms with Crippen LogP contribution in [0, 0.1) is 0 Å². The van der Waals surface area contributed by atoms with Gasteiger partial charge in [0.1, 0.15) is 23.8 Å². The second-order valence-electron chi connectivity index (χ2n) is 7.61. The minimum atomic E-state index is -0.266. The molecule has 0 spiro atoms. The maximum atomic E-state index is 13.1. The minimum Gasteiger partial charge on any atom is -0.496 e. The standard InChI is InChI=1S/C26H21Cl3N2O4S/c1-3-34-19-7-5-18(6-8-19)31-25(32)22(30-26(31)36)11-15-4-9-23(33-2)16(10-15)14-35-24-20(28)12-17(27)13-21(24)29/h4-13H,3,14H2,1-2H3,(H,30,36)/b22-11+. The quantitative estimate of drug-likeness (QED) is 0.238. The zero-order valence-electron chi connectivity index (χ0n) is 19.3. The van der Waals surface area contributed by atoms with E-state index in [2.05, 4.69) is 5.32 Å². The van der Waals surface area contributed by atoms with E-state index in [1.807, 2.05) is 19.1 Å². The topological polar surface area (TPSA) is 60.0 Å². The normalized spacial score (nSPS) is 14.2. The monoisotopic (exact) mass is 562 g/mol. The van der Waals surface area contributed by atoms with Gasteiger partial charge in [0.2, 0.25) is 0 Å². The summed E-state index contributed by atoms with van der Waals surface area (Å²) in [7, 11) is 1.56. The van der Waals surface area contributed by atoms with Crippen LogP contribution in [0.4, 0.5) is 5.69 Å². The Bertz CT molecular complexity index is 1320. The fourth-order valence-electron chi connectivity index (χ4n) is 3.61. The van der Waals surface area contributed by atoms with Crippen LogP contribution in [-0.2, 0) is 11.4 Å². The second-order valence-corrected chi connectivity index (χ2v) is 9.25. The van der Waals surface area contributed by atoms with Gasteiger partial charge in [-0.2, -0.15) is 0 Å². The maximum Gasteiger partial charge on any atom is 0.281 e. The first-order valence-electron chi connectivity index (χ1n) is 10.8. The number of ether oxygens (including phenoxy) is 3. The van der Waals surface area contributed by atoms with Crippen molar-refractivity contribution >= 4 is 69.8 Å². The summed E-state index contributed by atoms with van der Waals surface area (Å²) in [5.41, 5.74) is 2.46. The summed E-state index contributed by atoms with van der Waals surface area (Å²) < 4.78 is 16.8. The van der Waals surface area contributed by atoms with E-state index in [-0.39, 0.29) is 12.5 Å². The van der Waals surface area contributed by atoms with Crippen molar-refractivity contribution in [3.8, 4) is 17.2 Å². The lowest BCUT2D eigenvalue weighted by molar-refractivity contribution is -0.113. The van der Waals surface area contributed by atoms with Gasteiger partial charge in [-0.3, -0.25) is 9.69 Å². The molecule has 186 valence electrons. The average Bonchev–Trinajstić information content (AvgIpc) is 3.12. The van der Waals surface area contributed by atoms with Gasteiger partial charge in [-0.25, -0.2) is 0 Å². The first-order chi connectivity index (χ1) is 17.3. The summed E-state index contributed by atoms with van der Waals surface area (Å²) in [6, 6.07) is 15.7. The lowest BCUT2D eigenvalue weighted by atomic mass is 10.1. The van der Waals surface area contributed by atoms with Crippen molar-refractivity contribution in [2.24, 2.45) is 0 Å². The molecule has 3 aromatic carbocycles. The highest BCUT2D eigenvalue weighted by atomic mass is 35.5. The molecule has 4 rings (SSSR count). The molecule has 0 saturated carbocycles. The third-order valence-corrected chi connectivity index (χ3v) is 6.30. The Hall–Kier alpha value is -2.97. The van der Waals surface area contributed by atoms with Crippen LogP contribution in [0.2, 0.25) is 15.1 Å². The lowest BCUT2D eigenvalue weighted by Crippen LogP contribution is -2.30. The largest absolute Gasteiger partial charge is 0.496 e. The summed E-state index contributed by atoms with van der Waals surface area (Å²) in [6.07, 6.45) is 1.72. The number of hydrogen-bond acceptors (Lipinski definition) is 5. The third kappa shape index (κ3) is 5.71. The van der Waals surface area contributed by atoms with E-state index in [1.54, 1.807) is 55.7 Å². The Morgan fingerprint density at radius 2 is 1.69 bits per heavy atom. The number of carbonyl (C=O) groups is 1. The number of anilines is 1. The van der Waals surface area contributed by atoms with Crippen LogP contribution >= 0.6 is 47.0 Å². The number of rotatable bonds is 8. The van der Waals surface area contributed by atoms with Crippen molar-refractivity contribution in [2.75, 3.05) is 18.6 Å². The maximum absolute atomic E-state index is 13.1. The zero-order chi connectivity index (χ0) is 25.8. The Labute approximate surface area is 229 Å². The van der Waals surface area contributed by atoms with Gasteiger partial charge in [-0.1, -0.05) is 40.9 Å². The summed E-state index contributed by atoms with van der Waals surface area (Å²) >= 11 is 23.9. The van der Waals surface area contributed by atoms with Gasteiger partial charge in [0.25, 0.3) is 5.91 Å². The van der Waals surface area contributed by atoms with Crippen molar-refractivity contribution in [1.82, 2.24) is 5.32 Å². The number of halogens is 3. The van der Waals surface area contributed by atoms with Crippen LogP contribution < -0.4 is 24.4 Å². The van der Waals surface area contributed by atoms with Crippen LogP contribution in [-0.4, -0.2) is 24.7 Å². The van der Waals surface area contributed by atoms with Crippen LogP contribution in [0.25, 0.3) is 6.08 Å². The van der Waals surface area contributed by atoms with Crippen molar-refractivity contribution in [3.05, 3.63) is 86.5 Å². The van der Waals surface area contributed by atoms with E-state index in [0.717, 1.165) is 16.9 Å². The highest BCUT2D eigenvalue weighted by Crippen LogP contribution is 2.37. The van der Waals surface area contributed by atoms with Crippen LogP contribution in [0.3, 0.4) is 0 Å². The Balaban J connectivity index is 1.56. The molecule has 1 saturated heterocycles. The molecular weight excluding hydrogens is 543 g/mol. The van der Waals surface area contributed by atoms with Gasteiger partial charge in [0, 0.05) is 10.6 Å². The predicted molar refractivity (Wildman–Crippen MR) is 148 cm³/mol. The van der Waals surface area contributed by atoms with Crippen molar-refractivity contribution in [2.45, 2.75) is 13.5 Å². The molecule has 0 aromatic heterocycles. The summed E-state index contributed by atoms with van der Waals surface area (Å²) in [6.45, 7) is 2.59. The number of nitrogens with one attached hydrogen (secondary N) is 1. The van der Waals surface area contributed by atoms with E-state index in [0.29, 0.717) is 49.7 Å². The molecule has 1 amide bonds. The van der Waals surface area contributed by atoms with Crippen molar-refractivity contribution in [3.63, 3.8) is 0 Å². The first-order valence-corrected chi connectivity index (χ1v) is 12.4. The Kier molecular flexibility index (Phi) is 8.26. The van der Waals surface area contributed by atoms with Crippen LogP contribution in [0.1, 0.15) is 18.1 Å². The fourth-order valence-corrected chi connectivity index (χ4v) is 4.84. The second kappa shape index (κ2) is 11.4. The van der Waals surface area contributed by atoms with Crippen molar-refractivity contribution in [1.29, 1.82) is 0 Å². The molecule has 1 N–H and O–H groups in total.